The second-order valence-corrected chi connectivity index (χ2v) is 8.86. The molecule has 2 aromatic heterocycles. The van der Waals surface area contributed by atoms with Gasteiger partial charge >= 0.3 is 0 Å². The summed E-state index contributed by atoms with van der Waals surface area (Å²) in [5, 5.41) is 0.705. The van der Waals surface area contributed by atoms with E-state index in [1.54, 1.807) is 7.11 Å². The van der Waals surface area contributed by atoms with Crippen molar-refractivity contribution in [3.8, 4) is 28.1 Å². The van der Waals surface area contributed by atoms with E-state index < -0.39 is 0 Å². The standard InChI is InChI=1S/C27H27ClN2O2/c1-3-6-24(31)26-25(19-8-12-20(28)13-9-19)22-7-4-5-16-29-23(17-30(26)27(22)29)18-10-14-21(32-2)15-11-18/h8-15,17H,3-7,16H2,1-2H3. The molecule has 32 heavy (non-hydrogen) atoms. The average Bonchev–Trinajstić information content (AvgIpc) is 3.22. The van der Waals surface area contributed by atoms with Gasteiger partial charge in [-0.05, 0) is 73.2 Å². The van der Waals surface area contributed by atoms with Crippen molar-refractivity contribution in [1.82, 2.24) is 8.97 Å². The fourth-order valence-corrected chi connectivity index (χ4v) is 5.05. The zero-order valence-corrected chi connectivity index (χ0v) is 19.3. The Morgan fingerprint density at radius 3 is 2.44 bits per heavy atom. The fraction of sp³-hybridized carbons (Fsp3) is 0.296. The molecule has 3 heterocycles. The molecule has 0 atom stereocenters. The van der Waals surface area contributed by atoms with E-state index in [-0.39, 0.29) is 5.78 Å². The van der Waals surface area contributed by atoms with Gasteiger partial charge in [0.25, 0.3) is 0 Å². The van der Waals surface area contributed by atoms with Gasteiger partial charge < -0.3 is 9.30 Å². The van der Waals surface area contributed by atoms with Crippen LogP contribution >= 0.6 is 11.6 Å². The highest BCUT2D eigenvalue weighted by molar-refractivity contribution is 6.30. The minimum atomic E-state index is 0.192. The second-order valence-electron chi connectivity index (χ2n) is 8.43. The van der Waals surface area contributed by atoms with Gasteiger partial charge in [-0.15, -0.1) is 0 Å². The summed E-state index contributed by atoms with van der Waals surface area (Å²) in [4.78, 5) is 13.4. The van der Waals surface area contributed by atoms with Crippen LogP contribution in [0, 0.1) is 0 Å². The molecule has 5 heteroatoms. The van der Waals surface area contributed by atoms with Crippen molar-refractivity contribution in [1.29, 1.82) is 0 Å². The minimum absolute atomic E-state index is 0.192. The number of hydrogen-bond donors (Lipinski definition) is 0. The van der Waals surface area contributed by atoms with Crippen molar-refractivity contribution in [2.45, 2.75) is 45.6 Å². The monoisotopic (exact) mass is 446 g/mol. The molecule has 0 saturated carbocycles. The lowest BCUT2D eigenvalue weighted by atomic mass is 9.96. The van der Waals surface area contributed by atoms with Crippen LogP contribution in [0.2, 0.25) is 5.02 Å². The van der Waals surface area contributed by atoms with Crippen molar-refractivity contribution in [2.75, 3.05) is 7.11 Å². The van der Waals surface area contributed by atoms with Gasteiger partial charge in [0.15, 0.2) is 5.78 Å². The highest BCUT2D eigenvalue weighted by Crippen LogP contribution is 2.40. The van der Waals surface area contributed by atoms with Crippen molar-refractivity contribution in [2.24, 2.45) is 0 Å². The largest absolute Gasteiger partial charge is 0.497 e. The number of halogens is 1. The number of aromatic nitrogens is 2. The molecule has 0 spiro atoms. The van der Waals surface area contributed by atoms with E-state index in [9.17, 15) is 4.79 Å². The number of rotatable bonds is 6. The fourth-order valence-electron chi connectivity index (χ4n) is 4.92. The summed E-state index contributed by atoms with van der Waals surface area (Å²) in [6, 6.07) is 16.1. The Kier molecular flexibility index (Phi) is 5.56. The Labute approximate surface area is 193 Å². The zero-order valence-electron chi connectivity index (χ0n) is 18.5. The first-order valence-electron chi connectivity index (χ1n) is 11.3. The Morgan fingerprint density at radius 2 is 1.75 bits per heavy atom. The molecule has 1 aliphatic heterocycles. The van der Waals surface area contributed by atoms with Gasteiger partial charge in [0, 0.05) is 35.3 Å². The van der Waals surface area contributed by atoms with E-state index in [0.29, 0.717) is 11.4 Å². The van der Waals surface area contributed by atoms with Gasteiger partial charge in [-0.2, -0.15) is 0 Å². The summed E-state index contributed by atoms with van der Waals surface area (Å²) >= 11 is 6.17. The first-order valence-corrected chi connectivity index (χ1v) is 11.7. The lowest BCUT2D eigenvalue weighted by molar-refractivity contribution is 0.0977. The van der Waals surface area contributed by atoms with E-state index >= 15 is 0 Å². The summed E-state index contributed by atoms with van der Waals surface area (Å²) in [5.74, 6) is 1.03. The van der Waals surface area contributed by atoms with Crippen LogP contribution in [-0.2, 0) is 13.0 Å². The molecule has 0 radical (unpaired) electrons. The van der Waals surface area contributed by atoms with Crippen LogP contribution in [0.3, 0.4) is 0 Å². The molecular weight excluding hydrogens is 420 g/mol. The lowest BCUT2D eigenvalue weighted by Gasteiger charge is -2.10. The van der Waals surface area contributed by atoms with Gasteiger partial charge in [0.2, 0.25) is 0 Å². The molecule has 0 saturated heterocycles. The van der Waals surface area contributed by atoms with E-state index in [1.807, 2.05) is 36.4 Å². The number of Topliss-reactive ketones (excluding diaryl/α,β-unsaturated/α-hetero) is 1. The Bertz CT molecular complexity index is 1280. The third-order valence-corrected chi connectivity index (χ3v) is 6.65. The van der Waals surface area contributed by atoms with Crippen molar-refractivity contribution < 1.29 is 9.53 Å². The smallest absolute Gasteiger partial charge is 0.180 e. The quantitative estimate of drug-likeness (QED) is 0.297. The third kappa shape index (κ3) is 3.43. The molecule has 0 N–H and O–H groups in total. The maximum atomic E-state index is 13.4. The third-order valence-electron chi connectivity index (χ3n) is 6.39. The van der Waals surface area contributed by atoms with E-state index in [4.69, 9.17) is 16.3 Å². The second kappa shape index (κ2) is 8.51. The first-order chi connectivity index (χ1) is 15.6. The van der Waals surface area contributed by atoms with E-state index in [2.05, 4.69) is 34.2 Å². The summed E-state index contributed by atoms with van der Waals surface area (Å²) < 4.78 is 9.89. The summed E-state index contributed by atoms with van der Waals surface area (Å²) in [6.07, 6.45) is 6.69. The zero-order chi connectivity index (χ0) is 22.2. The molecule has 0 amide bonds. The maximum absolute atomic E-state index is 13.4. The van der Waals surface area contributed by atoms with Gasteiger partial charge in [-0.25, -0.2) is 0 Å². The highest BCUT2D eigenvalue weighted by atomic mass is 35.5. The van der Waals surface area contributed by atoms with Crippen molar-refractivity contribution >= 4 is 23.0 Å². The number of methoxy groups -OCH3 is 1. The molecule has 1 aliphatic rings. The van der Waals surface area contributed by atoms with Crippen LogP contribution in [0.15, 0.2) is 54.7 Å². The van der Waals surface area contributed by atoms with Gasteiger partial charge in [0.05, 0.1) is 18.5 Å². The molecule has 2 aromatic carbocycles. The first kappa shape index (κ1) is 20.9. The topological polar surface area (TPSA) is 35.6 Å². The average molecular weight is 447 g/mol. The number of ether oxygens (including phenoxy) is 1. The maximum Gasteiger partial charge on any atom is 0.180 e. The summed E-state index contributed by atoms with van der Waals surface area (Å²) in [5.41, 5.74) is 7.62. The summed E-state index contributed by atoms with van der Waals surface area (Å²) in [7, 11) is 1.68. The normalized spacial score (nSPS) is 13.3. The van der Waals surface area contributed by atoms with Crippen LogP contribution in [0.4, 0.5) is 0 Å². The molecule has 4 nitrogen and oxygen atoms in total. The summed E-state index contributed by atoms with van der Waals surface area (Å²) in [6.45, 7) is 3.00. The predicted molar refractivity (Wildman–Crippen MR) is 130 cm³/mol. The molecule has 164 valence electrons. The van der Waals surface area contributed by atoms with Crippen LogP contribution in [0.25, 0.3) is 28.0 Å². The Balaban J connectivity index is 1.80. The number of aryl methyl sites for hydroxylation is 2. The van der Waals surface area contributed by atoms with Crippen LogP contribution in [0.1, 0.15) is 48.7 Å². The van der Waals surface area contributed by atoms with Crippen LogP contribution in [0.5, 0.6) is 5.75 Å². The molecule has 0 aliphatic carbocycles. The number of benzene rings is 2. The van der Waals surface area contributed by atoms with Crippen molar-refractivity contribution in [3.05, 3.63) is 71.0 Å². The van der Waals surface area contributed by atoms with Crippen molar-refractivity contribution in [3.63, 3.8) is 0 Å². The van der Waals surface area contributed by atoms with E-state index in [1.165, 1.54) is 5.56 Å². The highest BCUT2D eigenvalue weighted by Gasteiger charge is 2.29. The van der Waals surface area contributed by atoms with E-state index in [0.717, 1.165) is 71.7 Å². The number of hydrogen-bond acceptors (Lipinski definition) is 2. The lowest BCUT2D eigenvalue weighted by Crippen LogP contribution is -2.04. The molecular formula is C27H27ClN2O2. The number of imidazole rings is 1. The molecule has 4 aromatic rings. The number of carbonyl (C=O) groups is 1. The van der Waals surface area contributed by atoms with Gasteiger partial charge in [-0.1, -0.05) is 30.7 Å². The molecule has 5 rings (SSSR count). The predicted octanol–water partition coefficient (Wildman–Crippen LogP) is 7.06. The Hall–Kier alpha value is -2.98. The van der Waals surface area contributed by atoms with Crippen LogP contribution < -0.4 is 4.74 Å². The number of ketones is 1. The minimum Gasteiger partial charge on any atom is -0.497 e. The number of nitrogens with zero attached hydrogens (tertiary/aromatic N) is 2. The molecule has 0 unspecified atom stereocenters. The number of carbonyl (C=O) groups excluding carboxylic acids is 1. The van der Waals surface area contributed by atoms with Gasteiger partial charge in [-0.3, -0.25) is 9.20 Å². The molecule has 0 fully saturated rings. The van der Waals surface area contributed by atoms with Gasteiger partial charge in [0.1, 0.15) is 11.4 Å². The molecule has 0 bridgehead atoms. The van der Waals surface area contributed by atoms with Crippen LogP contribution in [-0.4, -0.2) is 21.9 Å². The Morgan fingerprint density at radius 1 is 1.03 bits per heavy atom. The SMILES string of the molecule is CCCC(=O)c1c(-c2ccc(Cl)cc2)c2c3n(c(-c4ccc(OC)cc4)cn13)CCCC2.